The Bertz CT molecular complexity index is 834. The molecule has 0 saturated heterocycles. The number of aromatic nitrogens is 1. The second-order valence-corrected chi connectivity index (χ2v) is 8.05. The van der Waals surface area contributed by atoms with Crippen LogP contribution in [0.1, 0.15) is 32.8 Å². The summed E-state index contributed by atoms with van der Waals surface area (Å²) in [5.41, 5.74) is 9.13. The predicted octanol–water partition coefficient (Wildman–Crippen LogP) is 6.26. The van der Waals surface area contributed by atoms with Crippen molar-refractivity contribution >= 4 is 27.3 Å². The van der Waals surface area contributed by atoms with Crippen molar-refractivity contribution in [3.8, 4) is 11.3 Å². The number of hydrogen-bond donors (Lipinski definition) is 0. The van der Waals surface area contributed by atoms with Gasteiger partial charge in [0.1, 0.15) is 0 Å². The maximum atomic E-state index is 4.85. The van der Waals surface area contributed by atoms with Gasteiger partial charge in [-0.2, -0.15) is 0 Å². The Balaban J connectivity index is 1.82. The van der Waals surface area contributed by atoms with E-state index in [0.29, 0.717) is 0 Å². The zero-order chi connectivity index (χ0) is 17.1. The molecular formula is C21H22BrNS. The lowest BCUT2D eigenvalue weighted by Crippen LogP contribution is -1.98. The van der Waals surface area contributed by atoms with Gasteiger partial charge in [-0.05, 0) is 49.4 Å². The molecule has 124 valence electrons. The average Bonchev–Trinajstić information content (AvgIpc) is 3.01. The van der Waals surface area contributed by atoms with Crippen molar-refractivity contribution < 1.29 is 0 Å². The Labute approximate surface area is 156 Å². The van der Waals surface area contributed by atoms with E-state index in [1.807, 2.05) is 0 Å². The van der Waals surface area contributed by atoms with Gasteiger partial charge in [-0.1, -0.05) is 57.9 Å². The molecule has 3 aromatic rings. The van der Waals surface area contributed by atoms with Crippen molar-refractivity contribution in [1.82, 2.24) is 4.98 Å². The molecule has 0 N–H and O–H groups in total. The van der Waals surface area contributed by atoms with E-state index in [1.54, 1.807) is 11.3 Å². The zero-order valence-corrected chi connectivity index (χ0v) is 16.8. The topological polar surface area (TPSA) is 12.9 Å². The molecule has 2 aromatic carbocycles. The van der Waals surface area contributed by atoms with Crippen LogP contribution in [0.25, 0.3) is 11.3 Å². The molecule has 1 nitrogen and oxygen atoms in total. The van der Waals surface area contributed by atoms with E-state index in [-0.39, 0.29) is 0 Å². The molecule has 3 rings (SSSR count). The van der Waals surface area contributed by atoms with E-state index in [1.165, 1.54) is 38.4 Å². The molecule has 0 amide bonds. The zero-order valence-electron chi connectivity index (χ0n) is 14.4. The van der Waals surface area contributed by atoms with Crippen molar-refractivity contribution in [2.75, 3.05) is 5.33 Å². The number of hydrogen-bond acceptors (Lipinski definition) is 2. The third kappa shape index (κ3) is 3.96. The van der Waals surface area contributed by atoms with Crippen LogP contribution in [0.4, 0.5) is 0 Å². The van der Waals surface area contributed by atoms with Crippen molar-refractivity contribution in [3.63, 3.8) is 0 Å². The molecule has 0 aliphatic carbocycles. The summed E-state index contributed by atoms with van der Waals surface area (Å²) in [6.45, 7) is 6.53. The lowest BCUT2D eigenvalue weighted by atomic mass is 9.97. The van der Waals surface area contributed by atoms with Crippen LogP contribution < -0.4 is 0 Å². The lowest BCUT2D eigenvalue weighted by molar-refractivity contribution is 1.07. The first-order valence-corrected chi connectivity index (χ1v) is 10.2. The second kappa shape index (κ2) is 7.62. The first-order valence-electron chi connectivity index (χ1n) is 8.23. The molecule has 1 heterocycles. The monoisotopic (exact) mass is 399 g/mol. The molecule has 0 saturated carbocycles. The highest BCUT2D eigenvalue weighted by molar-refractivity contribution is 9.09. The Morgan fingerprint density at radius 2 is 1.62 bits per heavy atom. The molecule has 0 radical (unpaired) electrons. The fourth-order valence-electron chi connectivity index (χ4n) is 2.91. The number of aryl methyl sites for hydroxylation is 4. The average molecular weight is 400 g/mol. The lowest BCUT2D eigenvalue weighted by Gasteiger charge is -2.10. The van der Waals surface area contributed by atoms with Gasteiger partial charge in [-0.3, -0.25) is 0 Å². The number of benzene rings is 2. The van der Waals surface area contributed by atoms with Crippen LogP contribution in [-0.4, -0.2) is 10.3 Å². The van der Waals surface area contributed by atoms with Gasteiger partial charge in [0.05, 0.1) is 10.7 Å². The van der Waals surface area contributed by atoms with Crippen LogP contribution in [0, 0.1) is 20.8 Å². The smallest absolute Gasteiger partial charge is 0.0976 e. The number of thiazole rings is 1. The van der Waals surface area contributed by atoms with E-state index in [4.69, 9.17) is 4.98 Å². The summed E-state index contributed by atoms with van der Waals surface area (Å²) in [6, 6.07) is 13.3. The fourth-order valence-corrected chi connectivity index (χ4v) is 4.16. The molecule has 0 aliphatic heterocycles. The summed E-state index contributed by atoms with van der Waals surface area (Å²) < 4.78 is 0. The summed E-state index contributed by atoms with van der Waals surface area (Å²) >= 11 is 5.29. The van der Waals surface area contributed by atoms with Gasteiger partial charge in [-0.15, -0.1) is 11.3 Å². The third-order valence-corrected chi connectivity index (χ3v) is 5.64. The van der Waals surface area contributed by atoms with Crippen molar-refractivity contribution in [2.45, 2.75) is 33.6 Å². The highest BCUT2D eigenvalue weighted by Gasteiger charge is 2.09. The maximum absolute atomic E-state index is 4.85. The fraction of sp³-hybridized carbons (Fsp3) is 0.286. The van der Waals surface area contributed by atoms with Gasteiger partial charge in [0.2, 0.25) is 0 Å². The Morgan fingerprint density at radius 1 is 0.958 bits per heavy atom. The van der Waals surface area contributed by atoms with Gasteiger partial charge in [0.25, 0.3) is 0 Å². The Kier molecular flexibility index (Phi) is 5.52. The summed E-state index contributed by atoms with van der Waals surface area (Å²) in [7, 11) is 0. The van der Waals surface area contributed by atoms with Gasteiger partial charge in [-0.25, -0.2) is 4.98 Å². The largest absolute Gasteiger partial charge is 0.241 e. The molecule has 0 unspecified atom stereocenters. The molecule has 0 spiro atoms. The van der Waals surface area contributed by atoms with Gasteiger partial charge < -0.3 is 0 Å². The number of rotatable bonds is 5. The molecule has 1 aromatic heterocycles. The van der Waals surface area contributed by atoms with Crippen LogP contribution in [0.2, 0.25) is 0 Å². The molecule has 0 atom stereocenters. The van der Waals surface area contributed by atoms with Gasteiger partial charge in [0.15, 0.2) is 0 Å². The van der Waals surface area contributed by atoms with Crippen molar-refractivity contribution in [3.05, 3.63) is 74.6 Å². The number of nitrogens with zero attached hydrogens (tertiary/aromatic N) is 1. The second-order valence-electron chi connectivity index (χ2n) is 6.31. The van der Waals surface area contributed by atoms with Gasteiger partial charge >= 0.3 is 0 Å². The van der Waals surface area contributed by atoms with Crippen LogP contribution in [0.5, 0.6) is 0 Å². The van der Waals surface area contributed by atoms with E-state index in [9.17, 15) is 0 Å². The molecule has 0 aliphatic rings. The molecule has 0 fully saturated rings. The first kappa shape index (κ1) is 17.4. The molecule has 0 bridgehead atoms. The Hall–Kier alpha value is -1.45. The van der Waals surface area contributed by atoms with E-state index in [2.05, 4.69) is 78.5 Å². The normalized spacial score (nSPS) is 11.0. The summed E-state index contributed by atoms with van der Waals surface area (Å²) in [4.78, 5) is 4.85. The minimum atomic E-state index is 0.914. The molecular weight excluding hydrogens is 378 g/mol. The molecule has 24 heavy (non-hydrogen) atoms. The van der Waals surface area contributed by atoms with Crippen LogP contribution in [-0.2, 0) is 12.8 Å². The van der Waals surface area contributed by atoms with Crippen LogP contribution >= 0.6 is 27.3 Å². The van der Waals surface area contributed by atoms with E-state index in [0.717, 1.165) is 23.9 Å². The van der Waals surface area contributed by atoms with Crippen molar-refractivity contribution in [2.24, 2.45) is 0 Å². The predicted molar refractivity (Wildman–Crippen MR) is 109 cm³/mol. The van der Waals surface area contributed by atoms with Crippen LogP contribution in [0.3, 0.4) is 0 Å². The van der Waals surface area contributed by atoms with E-state index >= 15 is 0 Å². The standard InChI is InChI=1S/C21H22BrNS/c1-14-4-6-17(7-5-14)20-13-24-21(23-20)12-19-11-15(2)18(8-9-22)10-16(19)3/h4-7,10-11,13H,8-9,12H2,1-3H3. The number of halogens is 1. The SMILES string of the molecule is Cc1ccc(-c2csc(Cc3cc(C)c(CCBr)cc3C)n2)cc1. The first-order chi connectivity index (χ1) is 11.6. The summed E-state index contributed by atoms with van der Waals surface area (Å²) in [5.74, 6) is 0. The summed E-state index contributed by atoms with van der Waals surface area (Å²) in [6.07, 6.45) is 2.00. The quantitative estimate of drug-likeness (QED) is 0.461. The van der Waals surface area contributed by atoms with E-state index < -0.39 is 0 Å². The van der Waals surface area contributed by atoms with Crippen molar-refractivity contribution in [1.29, 1.82) is 0 Å². The van der Waals surface area contributed by atoms with Crippen LogP contribution in [0.15, 0.2) is 41.8 Å². The Morgan fingerprint density at radius 3 is 2.33 bits per heavy atom. The minimum absolute atomic E-state index is 0.914. The number of alkyl halides is 1. The highest BCUT2D eigenvalue weighted by Crippen LogP contribution is 2.26. The van der Waals surface area contributed by atoms with Gasteiger partial charge in [0, 0.05) is 22.7 Å². The molecule has 3 heteroatoms. The summed E-state index contributed by atoms with van der Waals surface area (Å²) in [5, 5.41) is 4.36. The minimum Gasteiger partial charge on any atom is -0.241 e. The maximum Gasteiger partial charge on any atom is 0.0976 e. The highest BCUT2D eigenvalue weighted by atomic mass is 79.9. The third-order valence-electron chi connectivity index (χ3n) is 4.40.